The number of anilines is 1. The van der Waals surface area contributed by atoms with Gasteiger partial charge in [-0.1, -0.05) is 15.9 Å². The van der Waals surface area contributed by atoms with Gasteiger partial charge in [0.25, 0.3) is 0 Å². The van der Waals surface area contributed by atoms with E-state index in [1.807, 2.05) is 24.3 Å². The lowest BCUT2D eigenvalue weighted by Gasteiger charge is -2.13. The highest BCUT2D eigenvalue weighted by Crippen LogP contribution is 2.18. The summed E-state index contributed by atoms with van der Waals surface area (Å²) in [7, 11) is 0. The highest BCUT2D eigenvalue weighted by Gasteiger charge is 2.25. The smallest absolute Gasteiger partial charge is 0.238 e. The third-order valence-electron chi connectivity index (χ3n) is 3.01. The number of benzene rings is 1. The largest absolute Gasteiger partial charge is 0.352 e. The summed E-state index contributed by atoms with van der Waals surface area (Å²) >= 11 is 3.33. The number of halogens is 1. The fourth-order valence-electron chi connectivity index (χ4n) is 1.63. The molecular weight excluding hydrogens is 322 g/mol. The Hall–Kier alpha value is -1.40. The number of hydrogen-bond donors (Lipinski definition) is 3. The van der Waals surface area contributed by atoms with Gasteiger partial charge in [-0.05, 0) is 44.0 Å². The highest BCUT2D eigenvalue weighted by atomic mass is 79.9. The van der Waals surface area contributed by atoms with E-state index in [-0.39, 0.29) is 24.4 Å². The number of amides is 2. The Morgan fingerprint density at radius 1 is 1.30 bits per heavy atom. The molecule has 6 heteroatoms. The molecule has 0 aromatic heterocycles. The Morgan fingerprint density at radius 2 is 1.95 bits per heavy atom. The topological polar surface area (TPSA) is 70.2 Å². The summed E-state index contributed by atoms with van der Waals surface area (Å²) in [6, 6.07) is 7.30. The van der Waals surface area contributed by atoms with Crippen LogP contribution in [-0.4, -0.2) is 30.4 Å². The highest BCUT2D eigenvalue weighted by molar-refractivity contribution is 9.10. The minimum Gasteiger partial charge on any atom is -0.352 e. The molecule has 0 spiro atoms. The van der Waals surface area contributed by atoms with Gasteiger partial charge in [-0.25, -0.2) is 0 Å². The first-order chi connectivity index (χ1) is 9.54. The summed E-state index contributed by atoms with van der Waals surface area (Å²) in [5.74, 6) is -0.220. The summed E-state index contributed by atoms with van der Waals surface area (Å²) in [4.78, 5) is 23.4. The molecule has 1 aromatic carbocycles. The van der Waals surface area contributed by atoms with Crippen LogP contribution in [-0.2, 0) is 9.59 Å². The van der Waals surface area contributed by atoms with Crippen LogP contribution in [0, 0.1) is 0 Å². The summed E-state index contributed by atoms with van der Waals surface area (Å²) in [5.41, 5.74) is 0.732. The van der Waals surface area contributed by atoms with Crippen molar-refractivity contribution in [3.05, 3.63) is 28.7 Å². The first-order valence-electron chi connectivity index (χ1n) is 6.64. The predicted molar refractivity (Wildman–Crippen MR) is 81.4 cm³/mol. The fourth-order valence-corrected chi connectivity index (χ4v) is 1.90. The van der Waals surface area contributed by atoms with Crippen LogP contribution < -0.4 is 16.0 Å². The van der Waals surface area contributed by atoms with Crippen molar-refractivity contribution in [1.82, 2.24) is 10.6 Å². The molecule has 1 unspecified atom stereocenters. The van der Waals surface area contributed by atoms with Gasteiger partial charge in [0.1, 0.15) is 0 Å². The second-order valence-corrected chi connectivity index (χ2v) is 5.86. The van der Waals surface area contributed by atoms with Crippen LogP contribution in [0.15, 0.2) is 28.7 Å². The Kier molecular flexibility index (Phi) is 5.14. The zero-order valence-electron chi connectivity index (χ0n) is 11.3. The standard InChI is InChI=1S/C14H18BrN3O2/c1-9(14(20)18-12-6-7-12)16-8-13(19)17-11-4-2-10(15)3-5-11/h2-5,9,12,16H,6-8H2,1H3,(H,17,19)(H,18,20). The molecule has 20 heavy (non-hydrogen) atoms. The molecule has 108 valence electrons. The maximum atomic E-state index is 11.7. The van der Waals surface area contributed by atoms with E-state index >= 15 is 0 Å². The number of carbonyl (C=O) groups is 2. The van der Waals surface area contributed by atoms with E-state index in [0.717, 1.165) is 23.0 Å². The zero-order valence-corrected chi connectivity index (χ0v) is 12.9. The van der Waals surface area contributed by atoms with Crippen molar-refractivity contribution in [2.45, 2.75) is 31.8 Å². The number of rotatable bonds is 6. The first-order valence-corrected chi connectivity index (χ1v) is 7.43. The lowest BCUT2D eigenvalue weighted by Crippen LogP contribution is -2.45. The zero-order chi connectivity index (χ0) is 14.5. The van der Waals surface area contributed by atoms with Crippen molar-refractivity contribution in [1.29, 1.82) is 0 Å². The summed E-state index contributed by atoms with van der Waals surface area (Å²) < 4.78 is 0.957. The molecule has 0 bridgehead atoms. The first kappa shape index (κ1) is 15.0. The molecule has 0 heterocycles. The molecule has 0 aliphatic heterocycles. The van der Waals surface area contributed by atoms with Crippen LogP contribution in [0.5, 0.6) is 0 Å². The number of nitrogens with one attached hydrogen (secondary N) is 3. The van der Waals surface area contributed by atoms with Gasteiger partial charge in [-0.15, -0.1) is 0 Å². The Balaban J connectivity index is 1.71. The molecule has 5 nitrogen and oxygen atoms in total. The second kappa shape index (κ2) is 6.85. The van der Waals surface area contributed by atoms with E-state index in [9.17, 15) is 9.59 Å². The van der Waals surface area contributed by atoms with Crippen molar-refractivity contribution >= 4 is 33.4 Å². The van der Waals surface area contributed by atoms with Gasteiger partial charge in [-0.3, -0.25) is 14.9 Å². The lowest BCUT2D eigenvalue weighted by atomic mass is 10.3. The van der Waals surface area contributed by atoms with Gasteiger partial charge >= 0.3 is 0 Å². The van der Waals surface area contributed by atoms with Crippen LogP contribution in [0.4, 0.5) is 5.69 Å². The predicted octanol–water partition coefficient (Wildman–Crippen LogP) is 1.64. The van der Waals surface area contributed by atoms with Crippen LogP contribution in [0.3, 0.4) is 0 Å². The van der Waals surface area contributed by atoms with Crippen molar-refractivity contribution in [2.24, 2.45) is 0 Å². The molecule has 1 fully saturated rings. The van der Waals surface area contributed by atoms with E-state index in [2.05, 4.69) is 31.9 Å². The van der Waals surface area contributed by atoms with Crippen molar-refractivity contribution in [2.75, 3.05) is 11.9 Å². The minimum absolute atomic E-state index is 0.0519. The van der Waals surface area contributed by atoms with Crippen LogP contribution in [0.2, 0.25) is 0 Å². The summed E-state index contributed by atoms with van der Waals surface area (Å²) in [6.45, 7) is 1.86. The lowest BCUT2D eigenvalue weighted by molar-refractivity contribution is -0.123. The molecule has 0 radical (unpaired) electrons. The van der Waals surface area contributed by atoms with E-state index in [4.69, 9.17) is 0 Å². The molecule has 1 aliphatic rings. The molecule has 2 rings (SSSR count). The Labute approximate surface area is 126 Å². The molecule has 0 saturated heterocycles. The monoisotopic (exact) mass is 339 g/mol. The molecule has 2 amide bonds. The minimum atomic E-state index is -0.369. The maximum absolute atomic E-state index is 11.7. The normalized spacial score (nSPS) is 15.5. The van der Waals surface area contributed by atoms with Crippen molar-refractivity contribution in [3.8, 4) is 0 Å². The van der Waals surface area contributed by atoms with Gasteiger partial charge in [0.05, 0.1) is 12.6 Å². The summed E-state index contributed by atoms with van der Waals surface area (Å²) in [6.07, 6.45) is 2.12. The number of hydrogen-bond acceptors (Lipinski definition) is 3. The van der Waals surface area contributed by atoms with E-state index in [0.29, 0.717) is 6.04 Å². The molecule has 1 aliphatic carbocycles. The third kappa shape index (κ3) is 4.94. The average molecular weight is 340 g/mol. The summed E-state index contributed by atoms with van der Waals surface area (Å²) in [5, 5.41) is 8.57. The van der Waals surface area contributed by atoms with Crippen molar-refractivity contribution < 1.29 is 9.59 Å². The van der Waals surface area contributed by atoms with E-state index in [1.165, 1.54) is 0 Å². The second-order valence-electron chi connectivity index (χ2n) is 4.94. The van der Waals surface area contributed by atoms with Gasteiger partial charge in [0.2, 0.25) is 11.8 Å². The average Bonchev–Trinajstić information content (AvgIpc) is 3.22. The van der Waals surface area contributed by atoms with Crippen LogP contribution in [0.1, 0.15) is 19.8 Å². The SMILES string of the molecule is CC(NCC(=O)Nc1ccc(Br)cc1)C(=O)NC1CC1. The van der Waals surface area contributed by atoms with E-state index < -0.39 is 0 Å². The van der Waals surface area contributed by atoms with Crippen molar-refractivity contribution in [3.63, 3.8) is 0 Å². The Bertz CT molecular complexity index is 486. The maximum Gasteiger partial charge on any atom is 0.238 e. The van der Waals surface area contributed by atoms with Gasteiger partial charge in [-0.2, -0.15) is 0 Å². The van der Waals surface area contributed by atoms with Gasteiger partial charge in [0, 0.05) is 16.2 Å². The quantitative estimate of drug-likeness (QED) is 0.737. The van der Waals surface area contributed by atoms with E-state index in [1.54, 1.807) is 6.92 Å². The molecule has 3 N–H and O–H groups in total. The fraction of sp³-hybridized carbons (Fsp3) is 0.429. The van der Waals surface area contributed by atoms with Gasteiger partial charge < -0.3 is 10.6 Å². The van der Waals surface area contributed by atoms with Crippen LogP contribution >= 0.6 is 15.9 Å². The molecule has 1 atom stereocenters. The van der Waals surface area contributed by atoms with Gasteiger partial charge in [0.15, 0.2) is 0 Å². The molecule has 1 aromatic rings. The number of carbonyl (C=O) groups excluding carboxylic acids is 2. The van der Waals surface area contributed by atoms with Crippen LogP contribution in [0.25, 0.3) is 0 Å². The molecular formula is C14H18BrN3O2. The third-order valence-corrected chi connectivity index (χ3v) is 3.54. The Morgan fingerprint density at radius 3 is 2.55 bits per heavy atom. The molecule has 1 saturated carbocycles.